The van der Waals surface area contributed by atoms with Crippen molar-refractivity contribution in [3.63, 3.8) is 0 Å². The Morgan fingerprint density at radius 2 is 1.06 bits per heavy atom. The number of aromatic nitrogens is 2. The average Bonchev–Trinajstić information content (AvgIpc) is 4.06. The van der Waals surface area contributed by atoms with E-state index >= 15 is 0 Å². The van der Waals surface area contributed by atoms with Crippen LogP contribution in [0.5, 0.6) is 0 Å². The van der Waals surface area contributed by atoms with Gasteiger partial charge in [0.05, 0.1) is 11.4 Å². The highest BCUT2D eigenvalue weighted by molar-refractivity contribution is 7.26. The molecule has 8 aromatic carbocycles. The van der Waals surface area contributed by atoms with Gasteiger partial charge in [-0.15, -0.1) is 22.7 Å². The molecule has 3 nitrogen and oxygen atoms in total. The summed E-state index contributed by atoms with van der Waals surface area (Å²) in [6, 6.07) is 63.6. The molecule has 0 N–H and O–H groups in total. The Labute approximate surface area is 371 Å². The van der Waals surface area contributed by atoms with Crippen molar-refractivity contribution in [2.45, 2.75) is 12.3 Å². The quantitative estimate of drug-likeness (QED) is 0.167. The summed E-state index contributed by atoms with van der Waals surface area (Å²) in [7, 11) is 0. The summed E-state index contributed by atoms with van der Waals surface area (Å²) in [6.45, 7) is 0. The van der Waals surface area contributed by atoms with Crippen LogP contribution in [0.15, 0.2) is 205 Å². The van der Waals surface area contributed by atoms with Crippen molar-refractivity contribution < 1.29 is 4.42 Å². The van der Waals surface area contributed by atoms with Gasteiger partial charge < -0.3 is 4.42 Å². The molecule has 0 saturated carbocycles. The molecule has 1 aliphatic rings. The van der Waals surface area contributed by atoms with Gasteiger partial charge in [0.2, 0.25) is 0 Å². The minimum absolute atomic E-state index is 0.117. The van der Waals surface area contributed by atoms with Gasteiger partial charge in [0, 0.05) is 79.3 Å². The number of hydrogen-bond donors (Lipinski definition) is 0. The van der Waals surface area contributed by atoms with Gasteiger partial charge in [-0.05, 0) is 71.1 Å². The van der Waals surface area contributed by atoms with Crippen LogP contribution in [0.1, 0.15) is 18.2 Å². The van der Waals surface area contributed by atoms with Gasteiger partial charge in [-0.1, -0.05) is 158 Å². The van der Waals surface area contributed by atoms with Crippen LogP contribution < -0.4 is 0 Å². The smallest absolute Gasteiger partial charge is 0.143 e. The molecule has 12 aromatic rings. The van der Waals surface area contributed by atoms with Crippen LogP contribution in [0.25, 0.3) is 118 Å². The maximum Gasteiger partial charge on any atom is 0.143 e. The summed E-state index contributed by atoms with van der Waals surface area (Å²) in [5.74, 6) is 0.953. The van der Waals surface area contributed by atoms with Gasteiger partial charge in [0.1, 0.15) is 17.0 Å². The number of thiophene rings is 2. The highest BCUT2D eigenvalue weighted by Gasteiger charge is 2.23. The van der Waals surface area contributed by atoms with E-state index in [0.29, 0.717) is 0 Å². The lowest BCUT2D eigenvalue weighted by molar-refractivity contribution is 0.670. The lowest BCUT2D eigenvalue weighted by Crippen LogP contribution is -2.05. The first-order valence-electron chi connectivity index (χ1n) is 21.4. The maximum atomic E-state index is 7.09. The van der Waals surface area contributed by atoms with Crippen LogP contribution in [0.4, 0.5) is 0 Å². The number of benzene rings is 8. The minimum Gasteiger partial charge on any atom is -0.455 e. The molecule has 0 amide bonds. The number of rotatable bonds is 6. The Morgan fingerprint density at radius 3 is 1.83 bits per heavy atom. The van der Waals surface area contributed by atoms with Crippen molar-refractivity contribution in [1.29, 1.82) is 0 Å². The van der Waals surface area contributed by atoms with Crippen molar-refractivity contribution in [3.05, 3.63) is 206 Å². The van der Waals surface area contributed by atoms with E-state index in [1.807, 2.05) is 28.7 Å². The predicted octanol–water partition coefficient (Wildman–Crippen LogP) is 17.0. The Balaban J connectivity index is 1.05. The van der Waals surface area contributed by atoms with Gasteiger partial charge in [0.25, 0.3) is 0 Å². The topological polar surface area (TPSA) is 38.9 Å². The Hall–Kier alpha value is -7.44. The zero-order chi connectivity index (χ0) is 41.4. The molecule has 0 aliphatic heterocycles. The van der Waals surface area contributed by atoms with Crippen LogP contribution in [-0.2, 0) is 0 Å². The highest BCUT2D eigenvalue weighted by Crippen LogP contribution is 2.48. The Bertz CT molecular complexity index is 3850. The van der Waals surface area contributed by atoms with Gasteiger partial charge in [-0.3, -0.25) is 0 Å². The summed E-state index contributed by atoms with van der Waals surface area (Å²) >= 11 is 3.73. The van der Waals surface area contributed by atoms with E-state index in [-0.39, 0.29) is 5.92 Å². The minimum atomic E-state index is 0.117. The van der Waals surface area contributed by atoms with Crippen LogP contribution in [0.2, 0.25) is 0 Å². The fourth-order valence-corrected chi connectivity index (χ4v) is 12.1. The van der Waals surface area contributed by atoms with E-state index < -0.39 is 0 Å². The lowest BCUT2D eigenvalue weighted by Gasteiger charge is -2.15. The molecule has 0 bridgehead atoms. The average molecular weight is 841 g/mol. The fourth-order valence-electron chi connectivity index (χ4n) is 9.61. The molecule has 63 heavy (non-hydrogen) atoms. The zero-order valence-electron chi connectivity index (χ0n) is 34.0. The van der Waals surface area contributed by atoms with Gasteiger partial charge >= 0.3 is 0 Å². The second-order valence-electron chi connectivity index (χ2n) is 16.3. The first-order chi connectivity index (χ1) is 31.2. The second-order valence-corrected chi connectivity index (χ2v) is 18.4. The molecule has 4 heterocycles. The molecule has 0 saturated heterocycles. The maximum absolute atomic E-state index is 7.09. The van der Waals surface area contributed by atoms with E-state index in [1.54, 1.807) is 0 Å². The number of allylic oxidation sites excluding steroid dienone is 4. The summed E-state index contributed by atoms with van der Waals surface area (Å²) < 4.78 is 12.2. The standard InChI is InChI=1S/C58H36N2OS2/c1-3-15-35(16-4-1)49-34-50(60-58(59-49)36-17-5-2-6-18-36)38-20-11-19-37(31-38)40-23-14-28-51-54(40)48-33-39(41-24-12-25-44-42-21-7-9-29-52(42)62-56(41)44)32-47(55(48)61-51)46-27-13-26-45-43-22-8-10-30-53(43)63-57(45)46/h1-17,19-34,36H,18H2. The molecular weight excluding hydrogens is 805 g/mol. The Kier molecular flexibility index (Phi) is 8.39. The lowest BCUT2D eigenvalue weighted by atomic mass is 9.92. The molecule has 1 atom stereocenters. The zero-order valence-corrected chi connectivity index (χ0v) is 35.6. The molecule has 0 spiro atoms. The van der Waals surface area contributed by atoms with E-state index in [2.05, 4.69) is 194 Å². The monoisotopic (exact) mass is 840 g/mol. The van der Waals surface area contributed by atoms with Crippen molar-refractivity contribution >= 4 is 85.0 Å². The highest BCUT2D eigenvalue weighted by atomic mass is 32.1. The second kappa shape index (κ2) is 14.6. The molecule has 296 valence electrons. The molecule has 4 aromatic heterocycles. The first kappa shape index (κ1) is 36.2. The van der Waals surface area contributed by atoms with Crippen molar-refractivity contribution in [1.82, 2.24) is 9.97 Å². The van der Waals surface area contributed by atoms with Crippen LogP contribution in [0.3, 0.4) is 0 Å². The molecule has 0 radical (unpaired) electrons. The van der Waals surface area contributed by atoms with E-state index in [9.17, 15) is 0 Å². The van der Waals surface area contributed by atoms with Crippen molar-refractivity contribution in [3.8, 4) is 55.9 Å². The van der Waals surface area contributed by atoms with E-state index in [0.717, 1.165) is 73.4 Å². The summed E-state index contributed by atoms with van der Waals surface area (Å²) in [5, 5.41) is 7.34. The number of fused-ring (bicyclic) bond motifs is 9. The molecule has 0 fully saturated rings. The Morgan fingerprint density at radius 1 is 0.444 bits per heavy atom. The fraction of sp³-hybridized carbons (Fsp3) is 0.0345. The van der Waals surface area contributed by atoms with Crippen molar-refractivity contribution in [2.75, 3.05) is 0 Å². The molecular formula is C58H36N2OS2. The van der Waals surface area contributed by atoms with Crippen LogP contribution in [-0.4, -0.2) is 9.97 Å². The van der Waals surface area contributed by atoms with E-state index in [4.69, 9.17) is 14.4 Å². The first-order valence-corrected chi connectivity index (χ1v) is 23.0. The number of furan rings is 1. The van der Waals surface area contributed by atoms with Gasteiger partial charge in [0.15, 0.2) is 0 Å². The third kappa shape index (κ3) is 6.00. The molecule has 5 heteroatoms. The van der Waals surface area contributed by atoms with Crippen LogP contribution in [0, 0.1) is 0 Å². The molecule has 1 unspecified atom stereocenters. The molecule has 13 rings (SSSR count). The summed E-state index contributed by atoms with van der Waals surface area (Å²) in [4.78, 5) is 10.4. The van der Waals surface area contributed by atoms with Gasteiger partial charge in [-0.25, -0.2) is 9.97 Å². The van der Waals surface area contributed by atoms with E-state index in [1.165, 1.54) is 57.0 Å². The largest absolute Gasteiger partial charge is 0.455 e. The third-order valence-electron chi connectivity index (χ3n) is 12.6. The predicted molar refractivity (Wildman–Crippen MR) is 268 cm³/mol. The van der Waals surface area contributed by atoms with Gasteiger partial charge in [-0.2, -0.15) is 0 Å². The number of hydrogen-bond acceptors (Lipinski definition) is 5. The third-order valence-corrected chi connectivity index (χ3v) is 15.0. The van der Waals surface area contributed by atoms with Crippen LogP contribution >= 0.6 is 22.7 Å². The summed E-state index contributed by atoms with van der Waals surface area (Å²) in [5.41, 5.74) is 12.6. The molecule has 1 aliphatic carbocycles. The SMILES string of the molecule is C1=CCC(c2nc(-c3ccccc3)cc(-c3cccc(-c4cccc5oc6c(-c7cccc8c7sc7ccccc78)cc(-c7cccc8c7sc7ccccc78)cc6c45)c3)n2)C=C1. The number of nitrogens with zero attached hydrogens (tertiary/aromatic N) is 2. The van der Waals surface area contributed by atoms with Crippen molar-refractivity contribution in [2.24, 2.45) is 0 Å². The normalized spacial score (nSPS) is 14.0. The summed E-state index contributed by atoms with van der Waals surface area (Å²) in [6.07, 6.45) is 9.49.